The van der Waals surface area contributed by atoms with E-state index in [4.69, 9.17) is 11.6 Å². The number of nitrogens with one attached hydrogen (secondary N) is 1. The minimum Gasteiger partial charge on any atom is -0.381 e. The normalized spacial score (nSPS) is 12.9. The van der Waals surface area contributed by atoms with Crippen LogP contribution < -0.4 is 5.32 Å². The van der Waals surface area contributed by atoms with Crippen LogP contribution in [0.1, 0.15) is 39.3 Å². The van der Waals surface area contributed by atoms with Gasteiger partial charge in [0.2, 0.25) is 0 Å². The molecule has 0 radical (unpaired) electrons. The second-order valence-corrected chi connectivity index (χ2v) is 5.17. The van der Waals surface area contributed by atoms with Gasteiger partial charge in [-0.1, -0.05) is 25.4 Å². The average molecular weight is 241 g/mol. The number of pyridine rings is 1. The van der Waals surface area contributed by atoms with Crippen molar-refractivity contribution in [3.8, 4) is 0 Å². The van der Waals surface area contributed by atoms with Crippen molar-refractivity contribution in [2.45, 2.75) is 46.6 Å². The van der Waals surface area contributed by atoms with Crippen LogP contribution in [0.5, 0.6) is 0 Å². The van der Waals surface area contributed by atoms with E-state index in [0.717, 1.165) is 17.3 Å². The first-order valence-electron chi connectivity index (χ1n) is 5.88. The maximum Gasteiger partial charge on any atom is 0.129 e. The fourth-order valence-electron chi connectivity index (χ4n) is 1.60. The summed E-state index contributed by atoms with van der Waals surface area (Å²) in [6.07, 6.45) is 2.42. The largest absolute Gasteiger partial charge is 0.381 e. The molecule has 0 bridgehead atoms. The molecule has 0 aliphatic heterocycles. The number of aryl methyl sites for hydroxylation is 1. The lowest BCUT2D eigenvalue weighted by Gasteiger charge is -2.17. The Labute approximate surface area is 103 Å². The van der Waals surface area contributed by atoms with Gasteiger partial charge in [-0.3, -0.25) is 0 Å². The summed E-state index contributed by atoms with van der Waals surface area (Å²) in [5.41, 5.74) is 2.05. The highest BCUT2D eigenvalue weighted by Crippen LogP contribution is 2.18. The number of hydrogen-bond acceptors (Lipinski definition) is 2. The molecule has 1 aromatic rings. The summed E-state index contributed by atoms with van der Waals surface area (Å²) in [6.45, 7) is 8.68. The molecule has 1 aromatic heterocycles. The Morgan fingerprint density at radius 2 is 1.94 bits per heavy atom. The zero-order valence-electron chi connectivity index (χ0n) is 10.5. The zero-order valence-corrected chi connectivity index (χ0v) is 11.3. The standard InChI is InChI=1S/C13H21ClN2/c1-9(2)5-6-10(3)15-12-7-8-13(14)16-11(12)4/h7-10,15H,5-6H2,1-4H3. The van der Waals surface area contributed by atoms with Crippen molar-refractivity contribution in [2.75, 3.05) is 5.32 Å². The van der Waals surface area contributed by atoms with E-state index in [0.29, 0.717) is 11.2 Å². The second-order valence-electron chi connectivity index (χ2n) is 4.78. The highest BCUT2D eigenvalue weighted by Gasteiger charge is 2.06. The molecule has 1 unspecified atom stereocenters. The average Bonchev–Trinajstić information content (AvgIpc) is 2.19. The van der Waals surface area contributed by atoms with Crippen LogP contribution in [-0.2, 0) is 0 Å². The van der Waals surface area contributed by atoms with Gasteiger partial charge in [-0.05, 0) is 44.7 Å². The van der Waals surface area contributed by atoms with Gasteiger partial charge in [-0.2, -0.15) is 0 Å². The predicted molar refractivity (Wildman–Crippen MR) is 71.1 cm³/mol. The summed E-state index contributed by atoms with van der Waals surface area (Å²) in [7, 11) is 0. The van der Waals surface area contributed by atoms with E-state index in [9.17, 15) is 0 Å². The molecule has 0 aliphatic carbocycles. The number of rotatable bonds is 5. The number of halogens is 1. The van der Waals surface area contributed by atoms with Crippen LogP contribution in [0.25, 0.3) is 0 Å². The summed E-state index contributed by atoms with van der Waals surface area (Å²) < 4.78 is 0. The predicted octanol–water partition coefficient (Wildman–Crippen LogP) is 4.28. The molecule has 0 saturated heterocycles. The van der Waals surface area contributed by atoms with E-state index in [2.05, 4.69) is 31.1 Å². The summed E-state index contributed by atoms with van der Waals surface area (Å²) in [5.74, 6) is 0.758. The quantitative estimate of drug-likeness (QED) is 0.777. The lowest BCUT2D eigenvalue weighted by atomic mass is 10.0. The van der Waals surface area contributed by atoms with E-state index < -0.39 is 0 Å². The molecule has 0 spiro atoms. The van der Waals surface area contributed by atoms with Gasteiger partial charge >= 0.3 is 0 Å². The molecule has 0 aromatic carbocycles. The van der Waals surface area contributed by atoms with Crippen molar-refractivity contribution >= 4 is 17.3 Å². The second kappa shape index (κ2) is 6.09. The molecule has 2 nitrogen and oxygen atoms in total. The van der Waals surface area contributed by atoms with Gasteiger partial charge in [-0.25, -0.2) is 4.98 Å². The van der Waals surface area contributed by atoms with Crippen molar-refractivity contribution < 1.29 is 0 Å². The smallest absolute Gasteiger partial charge is 0.129 e. The molecule has 0 saturated carbocycles. The summed E-state index contributed by atoms with van der Waals surface area (Å²) in [6, 6.07) is 4.30. The Balaban J connectivity index is 2.52. The Kier molecular flexibility index (Phi) is 5.07. The molecule has 3 heteroatoms. The van der Waals surface area contributed by atoms with Gasteiger partial charge in [-0.15, -0.1) is 0 Å². The van der Waals surface area contributed by atoms with E-state index in [1.54, 1.807) is 0 Å². The first-order valence-corrected chi connectivity index (χ1v) is 6.26. The molecule has 1 heterocycles. The van der Waals surface area contributed by atoms with E-state index in [1.807, 2.05) is 19.1 Å². The number of anilines is 1. The Hall–Kier alpha value is -0.760. The molecule has 1 atom stereocenters. The van der Waals surface area contributed by atoms with Crippen LogP contribution in [0.3, 0.4) is 0 Å². The molecule has 90 valence electrons. The van der Waals surface area contributed by atoms with Crippen LogP contribution in [0, 0.1) is 12.8 Å². The van der Waals surface area contributed by atoms with Gasteiger partial charge in [0, 0.05) is 6.04 Å². The van der Waals surface area contributed by atoms with Crippen molar-refractivity contribution in [3.05, 3.63) is 23.0 Å². The van der Waals surface area contributed by atoms with Crippen LogP contribution in [-0.4, -0.2) is 11.0 Å². The lowest BCUT2D eigenvalue weighted by Crippen LogP contribution is -2.16. The van der Waals surface area contributed by atoms with Crippen molar-refractivity contribution in [1.82, 2.24) is 4.98 Å². The zero-order chi connectivity index (χ0) is 12.1. The maximum atomic E-state index is 5.82. The molecule has 0 fully saturated rings. The lowest BCUT2D eigenvalue weighted by molar-refractivity contribution is 0.527. The summed E-state index contributed by atoms with van der Waals surface area (Å²) in [4.78, 5) is 4.22. The summed E-state index contributed by atoms with van der Waals surface area (Å²) >= 11 is 5.82. The van der Waals surface area contributed by atoms with Crippen LogP contribution >= 0.6 is 11.6 Å². The van der Waals surface area contributed by atoms with Gasteiger partial charge in [0.25, 0.3) is 0 Å². The Bertz CT molecular complexity index is 337. The molecular formula is C13H21ClN2. The molecule has 0 aliphatic rings. The molecule has 1 N–H and O–H groups in total. The fraction of sp³-hybridized carbons (Fsp3) is 0.615. The van der Waals surface area contributed by atoms with Gasteiger partial charge in [0.1, 0.15) is 5.15 Å². The minimum atomic E-state index is 0.476. The monoisotopic (exact) mass is 240 g/mol. The van der Waals surface area contributed by atoms with Crippen LogP contribution in [0.2, 0.25) is 5.15 Å². The van der Waals surface area contributed by atoms with Crippen LogP contribution in [0.15, 0.2) is 12.1 Å². The van der Waals surface area contributed by atoms with Gasteiger partial charge in [0.15, 0.2) is 0 Å². The molecule has 1 rings (SSSR count). The molecule has 0 amide bonds. The molecule has 16 heavy (non-hydrogen) atoms. The van der Waals surface area contributed by atoms with Crippen molar-refractivity contribution in [2.24, 2.45) is 5.92 Å². The van der Waals surface area contributed by atoms with E-state index in [-0.39, 0.29) is 0 Å². The minimum absolute atomic E-state index is 0.476. The van der Waals surface area contributed by atoms with Crippen molar-refractivity contribution in [1.29, 1.82) is 0 Å². The fourth-order valence-corrected chi connectivity index (χ4v) is 1.79. The number of aromatic nitrogens is 1. The van der Waals surface area contributed by atoms with Gasteiger partial charge in [0.05, 0.1) is 11.4 Å². The SMILES string of the molecule is Cc1nc(Cl)ccc1NC(C)CCC(C)C. The first kappa shape index (κ1) is 13.3. The van der Waals surface area contributed by atoms with Crippen LogP contribution in [0.4, 0.5) is 5.69 Å². The Morgan fingerprint density at radius 3 is 2.50 bits per heavy atom. The third kappa shape index (κ3) is 4.40. The first-order chi connectivity index (χ1) is 7.49. The van der Waals surface area contributed by atoms with E-state index in [1.165, 1.54) is 12.8 Å². The van der Waals surface area contributed by atoms with Crippen molar-refractivity contribution in [3.63, 3.8) is 0 Å². The number of hydrogen-bond donors (Lipinski definition) is 1. The van der Waals surface area contributed by atoms with E-state index >= 15 is 0 Å². The van der Waals surface area contributed by atoms with Gasteiger partial charge < -0.3 is 5.32 Å². The highest BCUT2D eigenvalue weighted by molar-refractivity contribution is 6.29. The third-order valence-corrected chi connectivity index (χ3v) is 2.84. The Morgan fingerprint density at radius 1 is 1.25 bits per heavy atom. The topological polar surface area (TPSA) is 24.9 Å². The maximum absolute atomic E-state index is 5.82. The number of nitrogens with zero attached hydrogens (tertiary/aromatic N) is 1. The molecular weight excluding hydrogens is 220 g/mol. The highest BCUT2D eigenvalue weighted by atomic mass is 35.5. The summed E-state index contributed by atoms with van der Waals surface area (Å²) in [5, 5.41) is 4.03. The third-order valence-electron chi connectivity index (χ3n) is 2.63.